The summed E-state index contributed by atoms with van der Waals surface area (Å²) < 4.78 is 2.33. The van der Waals surface area contributed by atoms with E-state index >= 15 is 0 Å². The smallest absolute Gasteiger partial charge is 0.164 e. The van der Waals surface area contributed by atoms with Gasteiger partial charge in [-0.25, -0.2) is 15.0 Å². The van der Waals surface area contributed by atoms with E-state index in [1.165, 1.54) is 26.7 Å². The second-order valence-corrected chi connectivity index (χ2v) is 12.4. The van der Waals surface area contributed by atoms with Crippen LogP contribution in [-0.2, 0) is 0 Å². The van der Waals surface area contributed by atoms with Crippen LogP contribution in [0, 0.1) is 0 Å². The molecule has 7 aromatic rings. The highest BCUT2D eigenvalue weighted by molar-refractivity contribution is 8.00. The van der Waals surface area contributed by atoms with Gasteiger partial charge < -0.3 is 4.57 Å². The molecule has 2 aliphatic rings. The molecule has 5 heteroatoms. The molecule has 9 rings (SSSR count). The molecule has 0 fully saturated rings. The van der Waals surface area contributed by atoms with Gasteiger partial charge >= 0.3 is 0 Å². The van der Waals surface area contributed by atoms with Crippen molar-refractivity contribution >= 4 is 33.6 Å². The zero-order valence-electron chi connectivity index (χ0n) is 23.7. The summed E-state index contributed by atoms with van der Waals surface area (Å²) in [5.74, 6) is 2.39. The average Bonchev–Trinajstić information content (AvgIpc) is 3.64. The molecule has 3 heterocycles. The van der Waals surface area contributed by atoms with Crippen molar-refractivity contribution in [1.82, 2.24) is 19.5 Å². The Kier molecular flexibility index (Phi) is 5.84. The highest BCUT2D eigenvalue weighted by Crippen LogP contribution is 2.49. The SMILES string of the molecule is C1=CC2Sc3ccc(-c4nc(-c5ccccc5)nc(-c5ccc6c7ccccc7n(-c7ccccc7)c6c5)n4)cc3C2C=C1. The first kappa shape index (κ1) is 25.3. The molecule has 2 aromatic heterocycles. The molecule has 2 atom stereocenters. The molecule has 0 radical (unpaired) electrons. The molecular formula is C39H26N4S. The Morgan fingerprint density at radius 1 is 0.523 bits per heavy atom. The lowest BCUT2D eigenvalue weighted by Crippen LogP contribution is -2.07. The van der Waals surface area contributed by atoms with Gasteiger partial charge in [-0.3, -0.25) is 0 Å². The fourth-order valence-electron chi connectivity index (χ4n) is 6.50. The molecule has 5 aromatic carbocycles. The van der Waals surface area contributed by atoms with Crippen molar-refractivity contribution < 1.29 is 0 Å². The summed E-state index contributed by atoms with van der Waals surface area (Å²) in [6, 6.07) is 42.5. The van der Waals surface area contributed by atoms with E-state index in [1.807, 2.05) is 30.0 Å². The maximum absolute atomic E-state index is 5.12. The van der Waals surface area contributed by atoms with Gasteiger partial charge in [-0.2, -0.15) is 0 Å². The Bertz CT molecular complexity index is 2270. The summed E-state index contributed by atoms with van der Waals surface area (Å²) >= 11 is 1.93. The fraction of sp³-hybridized carbons (Fsp3) is 0.0513. The first-order valence-electron chi connectivity index (χ1n) is 14.9. The molecular weight excluding hydrogens is 557 g/mol. The second-order valence-electron chi connectivity index (χ2n) is 11.2. The molecule has 1 aliphatic carbocycles. The quantitative estimate of drug-likeness (QED) is 0.207. The van der Waals surface area contributed by atoms with Gasteiger partial charge in [0, 0.05) is 49.2 Å². The van der Waals surface area contributed by atoms with Crippen molar-refractivity contribution in [1.29, 1.82) is 0 Å². The van der Waals surface area contributed by atoms with Gasteiger partial charge in [0.15, 0.2) is 17.5 Å². The first-order valence-corrected chi connectivity index (χ1v) is 15.7. The molecule has 0 bridgehead atoms. The minimum absolute atomic E-state index is 0.372. The number of para-hydroxylation sites is 2. The van der Waals surface area contributed by atoms with E-state index in [4.69, 9.17) is 15.0 Å². The Morgan fingerprint density at radius 3 is 1.98 bits per heavy atom. The minimum Gasteiger partial charge on any atom is -0.309 e. The Hall–Kier alpha value is -5.26. The highest BCUT2D eigenvalue weighted by Gasteiger charge is 2.31. The second kappa shape index (κ2) is 10.2. The topological polar surface area (TPSA) is 43.6 Å². The molecule has 44 heavy (non-hydrogen) atoms. The largest absolute Gasteiger partial charge is 0.309 e. The summed E-state index contributed by atoms with van der Waals surface area (Å²) in [6.45, 7) is 0. The summed E-state index contributed by atoms with van der Waals surface area (Å²) in [6.07, 6.45) is 8.92. The zero-order chi connectivity index (χ0) is 29.0. The monoisotopic (exact) mass is 582 g/mol. The van der Waals surface area contributed by atoms with Crippen LogP contribution in [0.5, 0.6) is 0 Å². The normalized spacial score (nSPS) is 16.8. The number of thioether (sulfide) groups is 1. The van der Waals surface area contributed by atoms with Gasteiger partial charge in [0.25, 0.3) is 0 Å². The number of rotatable bonds is 4. The van der Waals surface area contributed by atoms with Crippen molar-refractivity contribution in [3.63, 3.8) is 0 Å². The van der Waals surface area contributed by atoms with E-state index in [9.17, 15) is 0 Å². The first-order chi connectivity index (χ1) is 21.8. The van der Waals surface area contributed by atoms with Gasteiger partial charge in [0.2, 0.25) is 0 Å². The minimum atomic E-state index is 0.372. The average molecular weight is 583 g/mol. The van der Waals surface area contributed by atoms with E-state index in [0.29, 0.717) is 28.6 Å². The molecule has 2 unspecified atom stereocenters. The van der Waals surface area contributed by atoms with Crippen LogP contribution < -0.4 is 0 Å². The van der Waals surface area contributed by atoms with Crippen LogP contribution in [0.3, 0.4) is 0 Å². The van der Waals surface area contributed by atoms with Crippen molar-refractivity contribution in [3.8, 4) is 39.9 Å². The summed E-state index contributed by atoms with van der Waals surface area (Å²) in [4.78, 5) is 16.5. The molecule has 0 saturated heterocycles. The van der Waals surface area contributed by atoms with Gasteiger partial charge in [0.05, 0.1) is 11.0 Å². The van der Waals surface area contributed by atoms with Crippen molar-refractivity contribution in [2.24, 2.45) is 0 Å². The van der Waals surface area contributed by atoms with Crippen LogP contribution in [0.15, 0.2) is 151 Å². The number of fused-ring (bicyclic) bond motifs is 6. The lowest BCUT2D eigenvalue weighted by molar-refractivity contribution is 0.881. The number of benzene rings is 5. The van der Waals surface area contributed by atoms with E-state index in [1.54, 1.807) is 0 Å². The molecule has 208 valence electrons. The van der Waals surface area contributed by atoms with Crippen LogP contribution in [0.25, 0.3) is 61.7 Å². The Morgan fingerprint density at radius 2 is 1.16 bits per heavy atom. The molecule has 0 spiro atoms. The third-order valence-electron chi connectivity index (χ3n) is 8.59. The Labute approximate surface area is 259 Å². The predicted molar refractivity (Wildman–Crippen MR) is 181 cm³/mol. The molecule has 0 saturated carbocycles. The number of hydrogen-bond acceptors (Lipinski definition) is 4. The lowest BCUT2D eigenvalue weighted by Gasteiger charge is -2.15. The van der Waals surface area contributed by atoms with Crippen LogP contribution >= 0.6 is 11.8 Å². The van der Waals surface area contributed by atoms with E-state index < -0.39 is 0 Å². The van der Waals surface area contributed by atoms with Gasteiger partial charge in [-0.05, 0) is 42.0 Å². The standard InChI is InChI=1S/C39H26N4S/c1-3-11-25(12-4-1)37-40-38(26-20-22-36-32(23-26)31-16-8-10-18-35(31)44-36)42-39(41-37)27-19-21-30-29-15-7-9-17-33(29)43(34(30)24-27)28-13-5-2-6-14-28/h1-24,31,35H. The number of nitrogens with zero attached hydrogens (tertiary/aromatic N) is 4. The van der Waals surface area contributed by atoms with Crippen molar-refractivity contribution in [3.05, 3.63) is 151 Å². The summed E-state index contributed by atoms with van der Waals surface area (Å²) in [5.41, 5.74) is 7.69. The van der Waals surface area contributed by atoms with Gasteiger partial charge in [-0.1, -0.05) is 109 Å². The van der Waals surface area contributed by atoms with E-state index in [2.05, 4.69) is 132 Å². The van der Waals surface area contributed by atoms with E-state index in [0.717, 1.165) is 27.9 Å². The Balaban J connectivity index is 1.24. The van der Waals surface area contributed by atoms with Crippen molar-refractivity contribution in [2.45, 2.75) is 16.1 Å². The number of hydrogen-bond donors (Lipinski definition) is 0. The molecule has 0 N–H and O–H groups in total. The van der Waals surface area contributed by atoms with Crippen molar-refractivity contribution in [2.75, 3.05) is 0 Å². The molecule has 1 aliphatic heterocycles. The number of aromatic nitrogens is 4. The third kappa shape index (κ3) is 4.12. The van der Waals surface area contributed by atoms with Crippen LogP contribution in [0.1, 0.15) is 11.5 Å². The van der Waals surface area contributed by atoms with Gasteiger partial charge in [-0.15, -0.1) is 11.8 Å². The van der Waals surface area contributed by atoms with Crippen LogP contribution in [-0.4, -0.2) is 24.8 Å². The highest BCUT2D eigenvalue weighted by atomic mass is 32.2. The molecule has 4 nitrogen and oxygen atoms in total. The lowest BCUT2D eigenvalue weighted by atomic mass is 9.91. The van der Waals surface area contributed by atoms with E-state index in [-0.39, 0.29) is 0 Å². The van der Waals surface area contributed by atoms with Gasteiger partial charge in [0.1, 0.15) is 0 Å². The van der Waals surface area contributed by atoms with Crippen LogP contribution in [0.4, 0.5) is 0 Å². The third-order valence-corrected chi connectivity index (χ3v) is 9.94. The summed E-state index contributed by atoms with van der Waals surface area (Å²) in [5, 5.41) is 2.87. The number of allylic oxidation sites excluding steroid dienone is 3. The van der Waals surface area contributed by atoms with Crippen LogP contribution in [0.2, 0.25) is 0 Å². The zero-order valence-corrected chi connectivity index (χ0v) is 24.5. The maximum Gasteiger partial charge on any atom is 0.164 e. The fourth-order valence-corrected chi connectivity index (χ4v) is 7.82. The molecule has 0 amide bonds. The predicted octanol–water partition coefficient (Wildman–Crippen LogP) is 9.65. The maximum atomic E-state index is 5.12. The summed E-state index contributed by atoms with van der Waals surface area (Å²) in [7, 11) is 0.